The third kappa shape index (κ3) is 3.49. The Kier molecular flexibility index (Phi) is 4.98. The molecule has 0 aromatic heterocycles. The summed E-state index contributed by atoms with van der Waals surface area (Å²) in [6, 6.07) is 11.9. The van der Waals surface area contributed by atoms with Gasteiger partial charge in [0, 0.05) is 36.2 Å². The predicted molar refractivity (Wildman–Crippen MR) is 106 cm³/mol. The molecule has 136 valence electrons. The highest BCUT2D eigenvalue weighted by molar-refractivity contribution is 5.41. The van der Waals surface area contributed by atoms with Crippen LogP contribution in [-0.2, 0) is 5.54 Å². The summed E-state index contributed by atoms with van der Waals surface area (Å²) >= 11 is 0. The van der Waals surface area contributed by atoms with Crippen LogP contribution in [0.15, 0.2) is 48.1 Å². The highest BCUT2D eigenvalue weighted by Crippen LogP contribution is 2.35. The number of nitrogens with zero attached hydrogens (tertiary/aromatic N) is 2. The fourth-order valence-electron chi connectivity index (χ4n) is 4.90. The van der Waals surface area contributed by atoms with Gasteiger partial charge in [-0.1, -0.05) is 49.3 Å². The molecule has 1 unspecified atom stereocenters. The Labute approximate surface area is 157 Å². The molecule has 26 heavy (non-hydrogen) atoms. The van der Waals surface area contributed by atoms with E-state index in [0.717, 1.165) is 44.0 Å². The van der Waals surface area contributed by atoms with Gasteiger partial charge in [0.25, 0.3) is 0 Å². The fraction of sp³-hybridized carbons (Fsp3) is 0.522. The monoisotopic (exact) mass is 347 g/mol. The predicted octanol–water partition coefficient (Wildman–Crippen LogP) is 4.37. The second-order valence-electron chi connectivity index (χ2n) is 8.23. The lowest BCUT2D eigenvalue weighted by atomic mass is 9.80. The number of allylic oxidation sites excluding steroid dienone is 4. The normalized spacial score (nSPS) is 26.5. The molecule has 0 bridgehead atoms. The largest absolute Gasteiger partial charge is 0.321 e. The quantitative estimate of drug-likeness (QED) is 0.883. The van der Waals surface area contributed by atoms with Crippen LogP contribution >= 0.6 is 0 Å². The van der Waals surface area contributed by atoms with Crippen molar-refractivity contribution in [3.8, 4) is 6.07 Å². The molecule has 3 nitrogen and oxygen atoms in total. The molecule has 1 aliphatic heterocycles. The van der Waals surface area contributed by atoms with E-state index in [2.05, 4.69) is 47.4 Å². The number of hydrogen-bond acceptors (Lipinski definition) is 3. The zero-order valence-corrected chi connectivity index (χ0v) is 15.5. The van der Waals surface area contributed by atoms with Gasteiger partial charge < -0.3 is 10.6 Å². The van der Waals surface area contributed by atoms with Crippen LogP contribution < -0.4 is 5.73 Å². The first-order valence-electron chi connectivity index (χ1n) is 10.1. The summed E-state index contributed by atoms with van der Waals surface area (Å²) in [4.78, 5) is 2.68. The van der Waals surface area contributed by atoms with Gasteiger partial charge in [-0.05, 0) is 49.3 Å². The van der Waals surface area contributed by atoms with Gasteiger partial charge in [-0.25, -0.2) is 0 Å². The van der Waals surface area contributed by atoms with Crippen molar-refractivity contribution in [3.63, 3.8) is 0 Å². The zero-order valence-electron chi connectivity index (χ0n) is 15.5. The van der Waals surface area contributed by atoms with Crippen LogP contribution in [-0.4, -0.2) is 24.0 Å². The van der Waals surface area contributed by atoms with Crippen LogP contribution in [0.25, 0.3) is 0 Å². The molecule has 1 aromatic carbocycles. The minimum atomic E-state index is -0.187. The van der Waals surface area contributed by atoms with Crippen LogP contribution in [0.4, 0.5) is 0 Å². The minimum absolute atomic E-state index is 0.187. The molecule has 0 radical (unpaired) electrons. The Morgan fingerprint density at radius 1 is 1.08 bits per heavy atom. The Balaban J connectivity index is 1.43. The van der Waals surface area contributed by atoms with E-state index in [4.69, 9.17) is 11.0 Å². The van der Waals surface area contributed by atoms with Gasteiger partial charge in [0.15, 0.2) is 0 Å². The maximum Gasteiger partial charge on any atom is 0.0988 e. The standard InChI is InChI=1S/C23H29N3/c24-17-18-4-3-5-20(16-18)19-8-10-21(11-9-19)23(25)12-14-26(15-13-23)22-6-1-2-7-22/h3-4,8-11,16,20,22H,1-2,5-7,12-15,25H2. The molecule has 3 heteroatoms. The molecular weight excluding hydrogens is 318 g/mol. The van der Waals surface area contributed by atoms with E-state index in [-0.39, 0.29) is 5.54 Å². The van der Waals surface area contributed by atoms with E-state index in [1.54, 1.807) is 0 Å². The van der Waals surface area contributed by atoms with Gasteiger partial charge in [-0.2, -0.15) is 5.26 Å². The maximum atomic E-state index is 9.11. The third-order valence-corrected chi connectivity index (χ3v) is 6.64. The summed E-state index contributed by atoms with van der Waals surface area (Å²) in [6.45, 7) is 2.26. The Morgan fingerprint density at radius 3 is 2.42 bits per heavy atom. The third-order valence-electron chi connectivity index (χ3n) is 6.64. The number of likely N-dealkylation sites (tertiary alicyclic amines) is 1. The van der Waals surface area contributed by atoms with E-state index < -0.39 is 0 Å². The highest BCUT2D eigenvalue weighted by atomic mass is 15.2. The molecule has 1 saturated heterocycles. The summed E-state index contributed by atoms with van der Waals surface area (Å²) in [5.74, 6) is 0.307. The topological polar surface area (TPSA) is 53.1 Å². The molecule has 1 aromatic rings. The average Bonchev–Trinajstić information content (AvgIpc) is 3.23. The first-order valence-corrected chi connectivity index (χ1v) is 10.1. The van der Waals surface area contributed by atoms with Crippen molar-refractivity contribution < 1.29 is 0 Å². The van der Waals surface area contributed by atoms with Crippen LogP contribution in [0.1, 0.15) is 62.0 Å². The van der Waals surface area contributed by atoms with Crippen molar-refractivity contribution in [1.82, 2.24) is 4.90 Å². The number of benzene rings is 1. The second kappa shape index (κ2) is 7.39. The van der Waals surface area contributed by atoms with Gasteiger partial charge >= 0.3 is 0 Å². The Bertz CT molecular complexity index is 724. The molecule has 2 N–H and O–H groups in total. The number of nitrogens with two attached hydrogens (primary N) is 1. The molecule has 1 heterocycles. The van der Waals surface area contributed by atoms with E-state index in [1.165, 1.54) is 36.8 Å². The molecule has 4 rings (SSSR count). The van der Waals surface area contributed by atoms with Gasteiger partial charge in [-0.15, -0.1) is 0 Å². The van der Waals surface area contributed by atoms with Crippen LogP contribution in [0.5, 0.6) is 0 Å². The Morgan fingerprint density at radius 2 is 1.77 bits per heavy atom. The molecule has 0 spiro atoms. The summed E-state index contributed by atoms with van der Waals surface area (Å²) in [7, 11) is 0. The molecule has 2 fully saturated rings. The number of hydrogen-bond donors (Lipinski definition) is 1. The average molecular weight is 348 g/mol. The van der Waals surface area contributed by atoms with Gasteiger partial charge in [0.05, 0.1) is 6.07 Å². The van der Waals surface area contributed by atoms with Crippen LogP contribution in [0, 0.1) is 11.3 Å². The van der Waals surface area contributed by atoms with Crippen molar-refractivity contribution in [2.75, 3.05) is 13.1 Å². The van der Waals surface area contributed by atoms with Crippen molar-refractivity contribution >= 4 is 0 Å². The lowest BCUT2D eigenvalue weighted by Crippen LogP contribution is -2.50. The molecule has 2 aliphatic carbocycles. The van der Waals surface area contributed by atoms with E-state index in [1.807, 2.05) is 6.08 Å². The first kappa shape index (κ1) is 17.5. The van der Waals surface area contributed by atoms with Crippen LogP contribution in [0.3, 0.4) is 0 Å². The molecular formula is C23H29N3. The first-order chi connectivity index (χ1) is 12.7. The number of rotatable bonds is 3. The molecule has 1 atom stereocenters. The molecule has 0 amide bonds. The molecule has 1 saturated carbocycles. The number of piperidine rings is 1. The van der Waals surface area contributed by atoms with Gasteiger partial charge in [-0.3, -0.25) is 0 Å². The SMILES string of the molecule is N#CC1=CC(c2ccc(C3(N)CCN(C4CCCC4)CC3)cc2)CC=C1. The van der Waals surface area contributed by atoms with E-state index in [0.29, 0.717) is 5.92 Å². The van der Waals surface area contributed by atoms with Crippen molar-refractivity contribution in [1.29, 1.82) is 5.26 Å². The molecule has 3 aliphatic rings. The summed E-state index contributed by atoms with van der Waals surface area (Å²) in [5, 5.41) is 9.11. The van der Waals surface area contributed by atoms with Crippen molar-refractivity contribution in [2.45, 2.75) is 62.4 Å². The zero-order chi connectivity index (χ0) is 18.0. The van der Waals surface area contributed by atoms with Crippen molar-refractivity contribution in [3.05, 3.63) is 59.2 Å². The van der Waals surface area contributed by atoms with E-state index in [9.17, 15) is 0 Å². The van der Waals surface area contributed by atoms with Gasteiger partial charge in [0.1, 0.15) is 0 Å². The summed E-state index contributed by atoms with van der Waals surface area (Å²) in [5.41, 5.74) is 9.94. The number of nitriles is 1. The lowest BCUT2D eigenvalue weighted by molar-refractivity contribution is 0.118. The lowest BCUT2D eigenvalue weighted by Gasteiger charge is -2.42. The fourth-order valence-corrected chi connectivity index (χ4v) is 4.90. The van der Waals surface area contributed by atoms with E-state index >= 15 is 0 Å². The smallest absolute Gasteiger partial charge is 0.0988 e. The second-order valence-corrected chi connectivity index (χ2v) is 8.23. The summed E-state index contributed by atoms with van der Waals surface area (Å²) in [6.07, 6.45) is 14.7. The summed E-state index contributed by atoms with van der Waals surface area (Å²) < 4.78 is 0. The van der Waals surface area contributed by atoms with Gasteiger partial charge in [0.2, 0.25) is 0 Å². The van der Waals surface area contributed by atoms with Crippen LogP contribution in [0.2, 0.25) is 0 Å². The maximum absolute atomic E-state index is 9.11. The van der Waals surface area contributed by atoms with Crippen molar-refractivity contribution in [2.24, 2.45) is 5.73 Å². The minimum Gasteiger partial charge on any atom is -0.321 e. The Hall–Kier alpha value is -1.89. The highest BCUT2D eigenvalue weighted by Gasteiger charge is 2.35.